The van der Waals surface area contributed by atoms with Crippen molar-refractivity contribution in [3.8, 4) is 0 Å². The minimum atomic E-state index is -1.49. The minimum Gasteiger partial charge on any atom is -0.445 e. The van der Waals surface area contributed by atoms with Gasteiger partial charge in [-0.15, -0.1) is 0 Å². The molecule has 0 heterocycles. The first-order chi connectivity index (χ1) is 3.92. The predicted molar refractivity (Wildman–Crippen MR) is 30.8 cm³/mol. The molecular weight excluding hydrogens is 124 g/mol. The molecule has 1 amide bonds. The number of hydrogen-bond donors (Lipinski definition) is 4. The monoisotopic (exact) mass is 134 g/mol. The van der Waals surface area contributed by atoms with Gasteiger partial charge in [-0.2, -0.15) is 0 Å². The van der Waals surface area contributed by atoms with Crippen molar-refractivity contribution in [2.45, 2.75) is 5.79 Å². The molecule has 0 fully saturated rings. The zero-order valence-corrected chi connectivity index (χ0v) is 4.83. The van der Waals surface area contributed by atoms with E-state index < -0.39 is 11.9 Å². The van der Waals surface area contributed by atoms with Crippen LogP contribution < -0.4 is 22.9 Å². The lowest BCUT2D eigenvalue weighted by atomic mass is 10.4. The molecule has 0 aliphatic carbocycles. The van der Waals surface area contributed by atoms with Crippen LogP contribution in [0.2, 0.25) is 0 Å². The third-order valence-corrected chi connectivity index (χ3v) is 0.464. The molecule has 0 bridgehead atoms. The number of primary amides is 1. The predicted octanol–water partition coefficient (Wildman–Crippen LogP) is -2.39. The van der Waals surface area contributed by atoms with Gasteiger partial charge in [-0.05, 0) is 0 Å². The van der Waals surface area contributed by atoms with Gasteiger partial charge < -0.3 is 10.5 Å². The third kappa shape index (κ3) is 7.15. The molecule has 0 spiro atoms. The SMILES string of the molecule is NC(=O)OCC(N)(N)N. The van der Waals surface area contributed by atoms with Gasteiger partial charge in [0, 0.05) is 0 Å². The van der Waals surface area contributed by atoms with Crippen LogP contribution in [0.25, 0.3) is 0 Å². The summed E-state index contributed by atoms with van der Waals surface area (Å²) >= 11 is 0. The van der Waals surface area contributed by atoms with Gasteiger partial charge in [0.1, 0.15) is 6.61 Å². The highest BCUT2D eigenvalue weighted by molar-refractivity contribution is 5.64. The average Bonchev–Trinajstić information content (AvgIpc) is 1.59. The second-order valence-corrected chi connectivity index (χ2v) is 1.72. The van der Waals surface area contributed by atoms with Crippen LogP contribution in [0, 0.1) is 0 Å². The summed E-state index contributed by atoms with van der Waals surface area (Å²) in [5, 5.41) is 0. The lowest BCUT2D eigenvalue weighted by Crippen LogP contribution is -2.61. The average molecular weight is 134 g/mol. The van der Waals surface area contributed by atoms with E-state index in [2.05, 4.69) is 10.5 Å². The highest BCUT2D eigenvalue weighted by Gasteiger charge is 2.12. The van der Waals surface area contributed by atoms with E-state index in [9.17, 15) is 4.79 Å². The largest absolute Gasteiger partial charge is 0.445 e. The molecule has 9 heavy (non-hydrogen) atoms. The molecular formula is C3H10N4O2. The van der Waals surface area contributed by atoms with Crippen molar-refractivity contribution < 1.29 is 9.53 Å². The normalized spacial score (nSPS) is 11.0. The van der Waals surface area contributed by atoms with Crippen LogP contribution in [0.1, 0.15) is 0 Å². The molecule has 0 saturated carbocycles. The summed E-state index contributed by atoms with van der Waals surface area (Å²) in [6, 6.07) is 0. The fraction of sp³-hybridized carbons (Fsp3) is 0.667. The van der Waals surface area contributed by atoms with Crippen LogP contribution in [0.15, 0.2) is 0 Å². The lowest BCUT2D eigenvalue weighted by molar-refractivity contribution is 0.128. The zero-order chi connectivity index (χ0) is 7.49. The molecule has 0 saturated heterocycles. The molecule has 0 aliphatic heterocycles. The Kier molecular flexibility index (Phi) is 2.38. The van der Waals surface area contributed by atoms with E-state index in [4.69, 9.17) is 17.2 Å². The van der Waals surface area contributed by atoms with Crippen molar-refractivity contribution in [1.29, 1.82) is 0 Å². The summed E-state index contributed by atoms with van der Waals surface area (Å²) in [5.74, 6) is -1.49. The van der Waals surface area contributed by atoms with Gasteiger partial charge in [0.05, 0.1) is 0 Å². The Morgan fingerprint density at radius 3 is 2.00 bits per heavy atom. The van der Waals surface area contributed by atoms with E-state index in [0.717, 1.165) is 0 Å². The Balaban J connectivity index is 3.39. The van der Waals surface area contributed by atoms with Crippen LogP contribution in [-0.4, -0.2) is 18.5 Å². The first kappa shape index (κ1) is 8.15. The van der Waals surface area contributed by atoms with Crippen LogP contribution >= 0.6 is 0 Å². The van der Waals surface area contributed by atoms with Crippen molar-refractivity contribution in [3.05, 3.63) is 0 Å². The van der Waals surface area contributed by atoms with Crippen LogP contribution in [0.3, 0.4) is 0 Å². The van der Waals surface area contributed by atoms with Crippen molar-refractivity contribution in [2.24, 2.45) is 22.9 Å². The summed E-state index contributed by atoms with van der Waals surface area (Å²) in [7, 11) is 0. The van der Waals surface area contributed by atoms with Gasteiger partial charge in [0.2, 0.25) is 0 Å². The second kappa shape index (κ2) is 2.62. The molecule has 0 aromatic rings. The van der Waals surface area contributed by atoms with Gasteiger partial charge >= 0.3 is 6.09 Å². The fourth-order valence-electron chi connectivity index (χ4n) is 0.196. The van der Waals surface area contributed by atoms with E-state index in [1.807, 2.05) is 0 Å². The molecule has 0 aromatic heterocycles. The van der Waals surface area contributed by atoms with E-state index in [1.54, 1.807) is 0 Å². The van der Waals surface area contributed by atoms with E-state index >= 15 is 0 Å². The molecule has 0 unspecified atom stereocenters. The topological polar surface area (TPSA) is 130 Å². The number of carbonyl (C=O) groups is 1. The summed E-state index contributed by atoms with van der Waals surface area (Å²) in [6.07, 6.45) is -0.944. The number of nitrogens with two attached hydrogens (primary N) is 4. The van der Waals surface area contributed by atoms with Gasteiger partial charge in [0.15, 0.2) is 5.79 Å². The van der Waals surface area contributed by atoms with Gasteiger partial charge in [-0.3, -0.25) is 17.2 Å². The quantitative estimate of drug-likeness (QED) is 0.313. The number of rotatable bonds is 2. The van der Waals surface area contributed by atoms with Crippen molar-refractivity contribution in [2.75, 3.05) is 6.61 Å². The maximum absolute atomic E-state index is 9.88. The maximum atomic E-state index is 9.88. The second-order valence-electron chi connectivity index (χ2n) is 1.72. The molecule has 0 aliphatic rings. The van der Waals surface area contributed by atoms with Crippen molar-refractivity contribution in [3.63, 3.8) is 0 Å². The van der Waals surface area contributed by atoms with E-state index in [0.29, 0.717) is 0 Å². The molecule has 8 N–H and O–H groups in total. The molecule has 0 rings (SSSR count). The Labute approximate surface area is 52.1 Å². The Bertz CT molecular complexity index is 107. The number of carbonyl (C=O) groups excluding carboxylic acids is 1. The Morgan fingerprint density at radius 2 is 1.89 bits per heavy atom. The number of hydrogen-bond acceptors (Lipinski definition) is 5. The smallest absolute Gasteiger partial charge is 0.404 e. The molecule has 6 nitrogen and oxygen atoms in total. The zero-order valence-electron chi connectivity index (χ0n) is 4.83. The van der Waals surface area contributed by atoms with E-state index in [1.165, 1.54) is 0 Å². The molecule has 6 heteroatoms. The molecule has 0 radical (unpaired) electrons. The summed E-state index contributed by atoms with van der Waals surface area (Å²) < 4.78 is 4.17. The summed E-state index contributed by atoms with van der Waals surface area (Å²) in [6.45, 7) is -0.289. The number of ether oxygens (including phenoxy) is 1. The van der Waals surface area contributed by atoms with Crippen LogP contribution in [-0.2, 0) is 4.74 Å². The highest BCUT2D eigenvalue weighted by Crippen LogP contribution is 1.79. The first-order valence-corrected chi connectivity index (χ1v) is 2.21. The first-order valence-electron chi connectivity index (χ1n) is 2.21. The van der Waals surface area contributed by atoms with Crippen LogP contribution in [0.5, 0.6) is 0 Å². The molecule has 0 aromatic carbocycles. The van der Waals surface area contributed by atoms with Crippen molar-refractivity contribution >= 4 is 6.09 Å². The van der Waals surface area contributed by atoms with Gasteiger partial charge in [-0.25, -0.2) is 4.79 Å². The summed E-state index contributed by atoms with van der Waals surface area (Å²) in [4.78, 5) is 9.88. The molecule has 54 valence electrons. The fourth-order valence-corrected chi connectivity index (χ4v) is 0.196. The maximum Gasteiger partial charge on any atom is 0.404 e. The summed E-state index contributed by atoms with van der Waals surface area (Å²) in [5.41, 5.74) is 19.6. The minimum absolute atomic E-state index is 0.289. The van der Waals surface area contributed by atoms with Gasteiger partial charge in [0.25, 0.3) is 0 Å². The number of amides is 1. The van der Waals surface area contributed by atoms with Gasteiger partial charge in [-0.1, -0.05) is 0 Å². The highest BCUT2D eigenvalue weighted by atomic mass is 16.5. The Hall–Kier alpha value is -0.850. The third-order valence-electron chi connectivity index (χ3n) is 0.464. The Morgan fingerprint density at radius 1 is 1.44 bits per heavy atom. The van der Waals surface area contributed by atoms with Crippen LogP contribution in [0.4, 0.5) is 4.79 Å². The van der Waals surface area contributed by atoms with Crippen molar-refractivity contribution in [1.82, 2.24) is 0 Å². The van der Waals surface area contributed by atoms with E-state index in [-0.39, 0.29) is 6.61 Å². The lowest BCUT2D eigenvalue weighted by Gasteiger charge is -2.16. The molecule has 0 atom stereocenters. The standard InChI is InChI=1S/C3H10N4O2/c4-2(8)9-1-3(5,6)7/h1,5-7H2,(H2,4,8).